The van der Waals surface area contributed by atoms with Crippen LogP contribution in [0.4, 0.5) is 4.79 Å². The molecule has 2 amide bonds. The Morgan fingerprint density at radius 3 is 2.57 bits per heavy atom. The molecular formula is C18H31N3O2. The lowest BCUT2D eigenvalue weighted by atomic mass is 9.82. The summed E-state index contributed by atoms with van der Waals surface area (Å²) in [5, 5.41) is 3.73. The summed E-state index contributed by atoms with van der Waals surface area (Å²) >= 11 is 0. The topological polar surface area (TPSA) is 44.8 Å². The molecule has 4 fully saturated rings. The van der Waals surface area contributed by atoms with Gasteiger partial charge in [-0.2, -0.15) is 0 Å². The molecule has 0 aromatic heterocycles. The zero-order chi connectivity index (χ0) is 16.0. The standard InChI is InChI=1S/C18H31N3O2/c1-13(2)21-17(22)20(11-16-5-3-4-8-23-16)12-18(21)9-14-6-7-15(10-18)19-14/h13-16,19H,3-12H2,1-2H3. The first-order chi connectivity index (χ1) is 11.1. The van der Waals surface area contributed by atoms with Gasteiger partial charge in [0.15, 0.2) is 0 Å². The van der Waals surface area contributed by atoms with E-state index >= 15 is 0 Å². The van der Waals surface area contributed by atoms with Gasteiger partial charge in [0, 0.05) is 37.8 Å². The fraction of sp³-hybridized carbons (Fsp3) is 0.944. The van der Waals surface area contributed by atoms with Gasteiger partial charge in [0.2, 0.25) is 0 Å². The summed E-state index contributed by atoms with van der Waals surface area (Å²) in [5.41, 5.74) is 0.0526. The third-order valence-corrected chi connectivity index (χ3v) is 6.27. The van der Waals surface area contributed by atoms with Gasteiger partial charge in [0.1, 0.15) is 0 Å². The Morgan fingerprint density at radius 1 is 1.22 bits per heavy atom. The van der Waals surface area contributed by atoms with Gasteiger partial charge < -0.3 is 19.9 Å². The molecule has 3 atom stereocenters. The molecule has 4 saturated heterocycles. The maximum atomic E-state index is 13.1. The van der Waals surface area contributed by atoms with Crippen molar-refractivity contribution in [3.8, 4) is 0 Å². The van der Waals surface area contributed by atoms with Gasteiger partial charge in [-0.25, -0.2) is 4.79 Å². The summed E-state index contributed by atoms with van der Waals surface area (Å²) in [6.07, 6.45) is 8.55. The highest BCUT2D eigenvalue weighted by Crippen LogP contribution is 2.43. The molecule has 4 aliphatic rings. The zero-order valence-electron chi connectivity index (χ0n) is 14.6. The first-order valence-corrected chi connectivity index (χ1v) is 9.53. The summed E-state index contributed by atoms with van der Waals surface area (Å²) in [6.45, 7) is 6.89. The van der Waals surface area contributed by atoms with Crippen molar-refractivity contribution in [3.05, 3.63) is 0 Å². The molecule has 4 rings (SSSR count). The maximum absolute atomic E-state index is 13.1. The van der Waals surface area contributed by atoms with Crippen LogP contribution in [0, 0.1) is 0 Å². The lowest BCUT2D eigenvalue weighted by molar-refractivity contribution is 0.00173. The summed E-state index contributed by atoms with van der Waals surface area (Å²) in [6, 6.07) is 1.73. The second kappa shape index (κ2) is 5.92. The Bertz CT molecular complexity index is 449. The summed E-state index contributed by atoms with van der Waals surface area (Å²) < 4.78 is 5.89. The van der Waals surface area contributed by atoms with Gasteiger partial charge in [-0.15, -0.1) is 0 Å². The van der Waals surface area contributed by atoms with Crippen LogP contribution in [0.1, 0.15) is 58.8 Å². The van der Waals surface area contributed by atoms with Crippen LogP contribution in [0.15, 0.2) is 0 Å². The van der Waals surface area contributed by atoms with E-state index < -0.39 is 0 Å². The smallest absolute Gasteiger partial charge is 0.320 e. The Hall–Kier alpha value is -0.810. The van der Waals surface area contributed by atoms with Crippen molar-refractivity contribution in [2.24, 2.45) is 0 Å². The molecule has 4 heterocycles. The summed E-state index contributed by atoms with van der Waals surface area (Å²) in [7, 11) is 0. The average Bonchev–Trinajstić information content (AvgIpc) is 2.98. The molecule has 1 spiro atoms. The maximum Gasteiger partial charge on any atom is 0.320 e. The molecule has 23 heavy (non-hydrogen) atoms. The van der Waals surface area contributed by atoms with E-state index in [2.05, 4.69) is 29.0 Å². The Kier molecular flexibility index (Phi) is 4.04. The fourth-order valence-corrected chi connectivity index (χ4v) is 5.51. The van der Waals surface area contributed by atoms with Crippen molar-refractivity contribution >= 4 is 6.03 Å². The minimum absolute atomic E-state index is 0.0526. The number of carbonyl (C=O) groups is 1. The molecule has 0 saturated carbocycles. The van der Waals surface area contributed by atoms with Crippen LogP contribution >= 0.6 is 0 Å². The second-order valence-electron chi connectivity index (χ2n) is 8.39. The molecule has 1 N–H and O–H groups in total. The largest absolute Gasteiger partial charge is 0.376 e. The van der Waals surface area contributed by atoms with Crippen molar-refractivity contribution in [2.75, 3.05) is 19.7 Å². The van der Waals surface area contributed by atoms with Crippen molar-refractivity contribution < 1.29 is 9.53 Å². The van der Waals surface area contributed by atoms with Crippen LogP contribution in [-0.2, 0) is 4.74 Å². The number of rotatable bonds is 3. The molecule has 0 aromatic carbocycles. The molecule has 2 bridgehead atoms. The van der Waals surface area contributed by atoms with Gasteiger partial charge in [-0.3, -0.25) is 0 Å². The predicted molar refractivity (Wildman–Crippen MR) is 89.4 cm³/mol. The van der Waals surface area contributed by atoms with Gasteiger partial charge >= 0.3 is 6.03 Å². The normalized spacial score (nSPS) is 40.7. The summed E-state index contributed by atoms with van der Waals surface area (Å²) in [5.74, 6) is 0. The molecule has 3 unspecified atom stereocenters. The number of hydrogen-bond acceptors (Lipinski definition) is 3. The molecule has 130 valence electrons. The van der Waals surface area contributed by atoms with Crippen LogP contribution in [-0.4, -0.2) is 65.3 Å². The SMILES string of the molecule is CC(C)N1C(=O)N(CC2CCCCO2)CC12CC1CCC(C2)N1. The number of ether oxygens (including phenoxy) is 1. The second-order valence-corrected chi connectivity index (χ2v) is 8.39. The highest BCUT2D eigenvalue weighted by Gasteiger charge is 2.55. The Labute approximate surface area is 139 Å². The lowest BCUT2D eigenvalue weighted by Gasteiger charge is -2.45. The third kappa shape index (κ3) is 2.76. The number of urea groups is 1. The number of amides is 2. The van der Waals surface area contributed by atoms with E-state index in [0.717, 1.165) is 39.0 Å². The van der Waals surface area contributed by atoms with E-state index in [9.17, 15) is 4.79 Å². The van der Waals surface area contributed by atoms with Crippen molar-refractivity contribution in [1.29, 1.82) is 0 Å². The van der Waals surface area contributed by atoms with E-state index in [1.807, 2.05) is 0 Å². The van der Waals surface area contributed by atoms with Gasteiger partial charge in [0.05, 0.1) is 11.6 Å². The first-order valence-electron chi connectivity index (χ1n) is 9.53. The molecule has 0 radical (unpaired) electrons. The molecule has 4 aliphatic heterocycles. The van der Waals surface area contributed by atoms with Crippen LogP contribution in [0.25, 0.3) is 0 Å². The van der Waals surface area contributed by atoms with Gasteiger partial charge in [-0.05, 0) is 58.8 Å². The lowest BCUT2D eigenvalue weighted by Crippen LogP contribution is -2.59. The predicted octanol–water partition coefficient (Wildman–Crippen LogP) is 2.35. The highest BCUT2D eigenvalue weighted by molar-refractivity contribution is 5.78. The number of fused-ring (bicyclic) bond motifs is 2. The minimum Gasteiger partial charge on any atom is -0.376 e. The van der Waals surface area contributed by atoms with Crippen molar-refractivity contribution in [2.45, 2.75) is 88.6 Å². The Morgan fingerprint density at radius 2 is 1.96 bits per heavy atom. The first kappa shape index (κ1) is 15.7. The number of nitrogens with one attached hydrogen (secondary N) is 1. The number of nitrogens with zero attached hydrogens (tertiary/aromatic N) is 2. The van der Waals surface area contributed by atoms with E-state index in [1.165, 1.54) is 25.7 Å². The van der Waals surface area contributed by atoms with Crippen LogP contribution < -0.4 is 5.32 Å². The van der Waals surface area contributed by atoms with Crippen LogP contribution in [0.5, 0.6) is 0 Å². The molecule has 0 aliphatic carbocycles. The summed E-state index contributed by atoms with van der Waals surface area (Å²) in [4.78, 5) is 17.4. The third-order valence-electron chi connectivity index (χ3n) is 6.27. The van der Waals surface area contributed by atoms with Crippen LogP contribution in [0.3, 0.4) is 0 Å². The highest BCUT2D eigenvalue weighted by atomic mass is 16.5. The van der Waals surface area contributed by atoms with Gasteiger partial charge in [0.25, 0.3) is 0 Å². The fourth-order valence-electron chi connectivity index (χ4n) is 5.51. The minimum atomic E-state index is 0.0526. The average molecular weight is 321 g/mol. The zero-order valence-corrected chi connectivity index (χ0v) is 14.6. The Balaban J connectivity index is 1.53. The monoisotopic (exact) mass is 321 g/mol. The number of carbonyl (C=O) groups excluding carboxylic acids is 1. The van der Waals surface area contributed by atoms with E-state index in [-0.39, 0.29) is 23.7 Å². The van der Waals surface area contributed by atoms with Crippen LogP contribution in [0.2, 0.25) is 0 Å². The van der Waals surface area contributed by atoms with E-state index in [1.54, 1.807) is 0 Å². The molecule has 0 aromatic rings. The van der Waals surface area contributed by atoms with E-state index in [4.69, 9.17) is 4.74 Å². The molecule has 5 heteroatoms. The van der Waals surface area contributed by atoms with Crippen molar-refractivity contribution in [3.63, 3.8) is 0 Å². The van der Waals surface area contributed by atoms with Crippen molar-refractivity contribution in [1.82, 2.24) is 15.1 Å². The number of piperidine rings is 1. The molecular weight excluding hydrogens is 290 g/mol. The van der Waals surface area contributed by atoms with Gasteiger partial charge in [-0.1, -0.05) is 0 Å². The van der Waals surface area contributed by atoms with E-state index in [0.29, 0.717) is 12.1 Å². The molecule has 5 nitrogen and oxygen atoms in total. The number of hydrogen-bond donors (Lipinski definition) is 1. The quantitative estimate of drug-likeness (QED) is 0.868.